The van der Waals surface area contributed by atoms with Crippen molar-refractivity contribution >= 4 is 17.6 Å². The average molecular weight is 338 g/mol. The van der Waals surface area contributed by atoms with E-state index in [0.717, 1.165) is 23.7 Å². The SMILES string of the molecule is CN=C(NCc1cc(Cl)c2c(c1)OCCCO2)NC1CCCC1. The largest absolute Gasteiger partial charge is 0.489 e. The smallest absolute Gasteiger partial charge is 0.191 e. The number of halogens is 1. The summed E-state index contributed by atoms with van der Waals surface area (Å²) >= 11 is 6.33. The fraction of sp³-hybridized carbons (Fsp3) is 0.588. The second-order valence-electron chi connectivity index (χ2n) is 6.01. The summed E-state index contributed by atoms with van der Waals surface area (Å²) in [6.45, 7) is 1.94. The van der Waals surface area contributed by atoms with Crippen LogP contribution >= 0.6 is 11.6 Å². The van der Waals surface area contributed by atoms with Crippen molar-refractivity contribution in [1.82, 2.24) is 10.6 Å². The molecule has 3 rings (SSSR count). The fourth-order valence-electron chi connectivity index (χ4n) is 3.03. The van der Waals surface area contributed by atoms with Crippen LogP contribution in [0.2, 0.25) is 5.02 Å². The van der Waals surface area contributed by atoms with Gasteiger partial charge in [0.2, 0.25) is 0 Å². The molecule has 1 aromatic rings. The first-order chi connectivity index (χ1) is 11.3. The number of rotatable bonds is 3. The molecule has 1 aliphatic carbocycles. The normalized spacial score (nSPS) is 18.6. The zero-order valence-corrected chi connectivity index (χ0v) is 14.3. The number of nitrogens with one attached hydrogen (secondary N) is 2. The van der Waals surface area contributed by atoms with Gasteiger partial charge < -0.3 is 20.1 Å². The van der Waals surface area contributed by atoms with E-state index in [9.17, 15) is 0 Å². The summed E-state index contributed by atoms with van der Waals surface area (Å²) in [6, 6.07) is 4.45. The molecule has 0 aromatic heterocycles. The number of aliphatic imine (C=N–C) groups is 1. The lowest BCUT2D eigenvalue weighted by molar-refractivity contribution is 0.297. The third-order valence-corrected chi connectivity index (χ3v) is 4.52. The van der Waals surface area contributed by atoms with Crippen molar-refractivity contribution in [3.8, 4) is 11.5 Å². The predicted molar refractivity (Wildman–Crippen MR) is 92.6 cm³/mol. The Morgan fingerprint density at radius 1 is 1.22 bits per heavy atom. The van der Waals surface area contributed by atoms with Gasteiger partial charge >= 0.3 is 0 Å². The van der Waals surface area contributed by atoms with Gasteiger partial charge in [-0.1, -0.05) is 24.4 Å². The molecule has 0 spiro atoms. The number of benzene rings is 1. The Labute approximate surface area is 142 Å². The zero-order chi connectivity index (χ0) is 16.1. The Morgan fingerprint density at radius 3 is 2.78 bits per heavy atom. The van der Waals surface area contributed by atoms with Gasteiger partial charge in [0, 0.05) is 26.1 Å². The van der Waals surface area contributed by atoms with Crippen molar-refractivity contribution in [2.45, 2.75) is 44.7 Å². The molecule has 1 heterocycles. The molecule has 0 amide bonds. The maximum absolute atomic E-state index is 6.33. The van der Waals surface area contributed by atoms with Crippen LogP contribution in [0.4, 0.5) is 0 Å². The van der Waals surface area contributed by atoms with Gasteiger partial charge in [-0.05, 0) is 30.5 Å². The molecule has 1 aromatic carbocycles. The van der Waals surface area contributed by atoms with Crippen LogP contribution in [0.25, 0.3) is 0 Å². The van der Waals surface area contributed by atoms with Crippen molar-refractivity contribution < 1.29 is 9.47 Å². The van der Waals surface area contributed by atoms with Crippen LogP contribution in [0.1, 0.15) is 37.7 Å². The molecular formula is C17H24ClN3O2. The van der Waals surface area contributed by atoms with Crippen molar-refractivity contribution in [2.75, 3.05) is 20.3 Å². The van der Waals surface area contributed by atoms with Gasteiger partial charge in [-0.15, -0.1) is 0 Å². The summed E-state index contributed by atoms with van der Waals surface area (Å²) in [5.74, 6) is 2.21. The summed E-state index contributed by atoms with van der Waals surface area (Å²) in [4.78, 5) is 4.30. The summed E-state index contributed by atoms with van der Waals surface area (Å²) in [5.41, 5.74) is 1.05. The monoisotopic (exact) mass is 337 g/mol. The van der Waals surface area contributed by atoms with Gasteiger partial charge in [-0.2, -0.15) is 0 Å². The molecule has 1 saturated carbocycles. The minimum atomic E-state index is 0.536. The van der Waals surface area contributed by atoms with Gasteiger partial charge in [0.15, 0.2) is 17.5 Å². The van der Waals surface area contributed by atoms with Crippen LogP contribution in [-0.2, 0) is 6.54 Å². The second-order valence-corrected chi connectivity index (χ2v) is 6.41. The number of guanidine groups is 1. The van der Waals surface area contributed by atoms with Crippen molar-refractivity contribution in [1.29, 1.82) is 0 Å². The van der Waals surface area contributed by atoms with E-state index in [1.165, 1.54) is 25.7 Å². The molecule has 0 radical (unpaired) electrons. The van der Waals surface area contributed by atoms with E-state index in [1.54, 1.807) is 7.05 Å². The Kier molecular flexibility index (Phi) is 5.49. The third-order valence-electron chi connectivity index (χ3n) is 4.24. The maximum Gasteiger partial charge on any atom is 0.191 e. The molecule has 2 N–H and O–H groups in total. The van der Waals surface area contributed by atoms with Gasteiger partial charge in [0.1, 0.15) is 0 Å². The number of nitrogens with zero attached hydrogens (tertiary/aromatic N) is 1. The Hall–Kier alpha value is -1.62. The lowest BCUT2D eigenvalue weighted by Gasteiger charge is -2.17. The van der Waals surface area contributed by atoms with Gasteiger partial charge in [0.05, 0.1) is 18.2 Å². The summed E-state index contributed by atoms with van der Waals surface area (Å²) < 4.78 is 11.4. The van der Waals surface area contributed by atoms with E-state index >= 15 is 0 Å². The summed E-state index contributed by atoms with van der Waals surface area (Å²) in [7, 11) is 1.80. The van der Waals surface area contributed by atoms with Gasteiger partial charge in [0.25, 0.3) is 0 Å². The predicted octanol–water partition coefficient (Wildman–Crippen LogP) is 3.11. The van der Waals surface area contributed by atoms with E-state index in [-0.39, 0.29) is 0 Å². The molecule has 126 valence electrons. The van der Waals surface area contributed by atoms with E-state index in [0.29, 0.717) is 36.6 Å². The number of ether oxygens (including phenoxy) is 2. The molecule has 6 heteroatoms. The molecule has 5 nitrogen and oxygen atoms in total. The maximum atomic E-state index is 6.33. The van der Waals surface area contributed by atoms with E-state index in [1.807, 2.05) is 12.1 Å². The molecule has 1 aliphatic heterocycles. The topological polar surface area (TPSA) is 54.9 Å². The van der Waals surface area contributed by atoms with E-state index < -0.39 is 0 Å². The number of hydrogen-bond donors (Lipinski definition) is 2. The second kappa shape index (κ2) is 7.77. The highest BCUT2D eigenvalue weighted by atomic mass is 35.5. The molecule has 23 heavy (non-hydrogen) atoms. The number of hydrogen-bond acceptors (Lipinski definition) is 3. The van der Waals surface area contributed by atoms with E-state index in [2.05, 4.69) is 15.6 Å². The lowest BCUT2D eigenvalue weighted by Crippen LogP contribution is -2.41. The first-order valence-electron chi connectivity index (χ1n) is 8.31. The van der Waals surface area contributed by atoms with Gasteiger partial charge in [-0.3, -0.25) is 4.99 Å². The van der Waals surface area contributed by atoms with Gasteiger partial charge in [-0.25, -0.2) is 0 Å². The van der Waals surface area contributed by atoms with Crippen LogP contribution in [0.15, 0.2) is 17.1 Å². The summed E-state index contributed by atoms with van der Waals surface area (Å²) in [5, 5.41) is 7.42. The minimum Gasteiger partial charge on any atom is -0.489 e. The number of fused-ring (bicyclic) bond motifs is 1. The average Bonchev–Trinajstić information content (AvgIpc) is 2.94. The van der Waals surface area contributed by atoms with Crippen LogP contribution in [0.3, 0.4) is 0 Å². The molecular weight excluding hydrogens is 314 g/mol. The third kappa shape index (κ3) is 4.22. The van der Waals surface area contributed by atoms with Crippen molar-refractivity contribution in [3.63, 3.8) is 0 Å². The van der Waals surface area contributed by atoms with E-state index in [4.69, 9.17) is 21.1 Å². The Morgan fingerprint density at radius 2 is 2.00 bits per heavy atom. The Balaban J connectivity index is 1.63. The molecule has 1 fully saturated rings. The minimum absolute atomic E-state index is 0.536. The van der Waals surface area contributed by atoms with Crippen molar-refractivity contribution in [3.05, 3.63) is 22.7 Å². The molecule has 2 aliphatic rings. The highest BCUT2D eigenvalue weighted by molar-refractivity contribution is 6.32. The molecule has 0 saturated heterocycles. The first kappa shape index (κ1) is 16.2. The van der Waals surface area contributed by atoms with Crippen LogP contribution < -0.4 is 20.1 Å². The molecule has 0 atom stereocenters. The quantitative estimate of drug-likeness (QED) is 0.657. The zero-order valence-electron chi connectivity index (χ0n) is 13.5. The van der Waals surface area contributed by atoms with Crippen molar-refractivity contribution in [2.24, 2.45) is 4.99 Å². The highest BCUT2D eigenvalue weighted by Gasteiger charge is 2.17. The van der Waals surface area contributed by atoms with Crippen LogP contribution in [0, 0.1) is 0 Å². The molecule has 0 bridgehead atoms. The summed E-state index contributed by atoms with van der Waals surface area (Å²) in [6.07, 6.45) is 5.91. The molecule has 0 unspecified atom stereocenters. The Bertz CT molecular complexity index is 571. The first-order valence-corrected chi connectivity index (χ1v) is 8.69. The lowest BCUT2D eigenvalue weighted by atomic mass is 10.2. The standard InChI is InChI=1S/C17H24ClN3O2/c1-19-17(21-13-5-2-3-6-13)20-11-12-9-14(18)16-15(10-12)22-7-4-8-23-16/h9-10,13H,2-8,11H2,1H3,(H2,19,20,21). The van der Waals surface area contributed by atoms with Crippen LogP contribution in [-0.4, -0.2) is 32.3 Å². The highest BCUT2D eigenvalue weighted by Crippen LogP contribution is 2.37. The van der Waals surface area contributed by atoms with Crippen LogP contribution in [0.5, 0.6) is 11.5 Å². The fourth-order valence-corrected chi connectivity index (χ4v) is 3.32.